The third-order valence-electron chi connectivity index (χ3n) is 5.30. The van der Waals surface area contributed by atoms with E-state index in [0.717, 1.165) is 25.8 Å². The molecule has 148 valence electrons. The number of hydrogen-bond acceptors (Lipinski definition) is 4. The molecule has 25 heavy (non-hydrogen) atoms. The van der Waals surface area contributed by atoms with Gasteiger partial charge in [0.15, 0.2) is 0 Å². The van der Waals surface area contributed by atoms with E-state index in [0.29, 0.717) is 25.0 Å². The summed E-state index contributed by atoms with van der Waals surface area (Å²) < 4.78 is 11.2. The fraction of sp³-hybridized carbons (Fsp3) is 0.952. The maximum absolute atomic E-state index is 12.1. The summed E-state index contributed by atoms with van der Waals surface area (Å²) in [6.07, 6.45) is 3.84. The minimum atomic E-state index is -0.0702. The van der Waals surface area contributed by atoms with Gasteiger partial charge < -0.3 is 9.47 Å². The summed E-state index contributed by atoms with van der Waals surface area (Å²) >= 11 is 0. The first kappa shape index (κ1) is 22.4. The summed E-state index contributed by atoms with van der Waals surface area (Å²) in [7, 11) is 1.80. The average Bonchev–Trinajstić information content (AvgIpc) is 2.38. The molecule has 0 spiro atoms. The van der Waals surface area contributed by atoms with Crippen LogP contribution in [0.4, 0.5) is 0 Å². The van der Waals surface area contributed by atoms with Crippen molar-refractivity contribution in [2.24, 2.45) is 11.3 Å². The van der Waals surface area contributed by atoms with E-state index in [1.807, 2.05) is 0 Å². The Kier molecular flexibility index (Phi) is 7.53. The fourth-order valence-corrected chi connectivity index (χ4v) is 4.71. The van der Waals surface area contributed by atoms with E-state index in [9.17, 15) is 4.79 Å². The van der Waals surface area contributed by atoms with Crippen molar-refractivity contribution in [3.8, 4) is 0 Å². The van der Waals surface area contributed by atoms with Crippen LogP contribution in [0.5, 0.6) is 0 Å². The molecule has 1 aliphatic heterocycles. The van der Waals surface area contributed by atoms with Gasteiger partial charge in [-0.3, -0.25) is 9.69 Å². The van der Waals surface area contributed by atoms with E-state index < -0.39 is 0 Å². The van der Waals surface area contributed by atoms with Gasteiger partial charge >= 0.3 is 5.97 Å². The lowest BCUT2D eigenvalue weighted by Crippen LogP contribution is -2.62. The second-order valence-electron chi connectivity index (χ2n) is 10.3. The van der Waals surface area contributed by atoms with Gasteiger partial charge in [-0.05, 0) is 58.3 Å². The third kappa shape index (κ3) is 7.26. The number of methoxy groups -OCH3 is 1. The Balaban J connectivity index is 2.50. The van der Waals surface area contributed by atoms with Crippen LogP contribution in [0.25, 0.3) is 0 Å². The van der Waals surface area contributed by atoms with Gasteiger partial charge in [0.05, 0.1) is 6.10 Å². The van der Waals surface area contributed by atoms with Crippen LogP contribution in [0.1, 0.15) is 81.1 Å². The summed E-state index contributed by atoms with van der Waals surface area (Å²) in [5.74, 6) is 0.289. The number of carbonyl (C=O) groups excluding carboxylic acids is 1. The smallest absolute Gasteiger partial charge is 0.306 e. The minimum absolute atomic E-state index is 0.0361. The van der Waals surface area contributed by atoms with Crippen LogP contribution >= 0.6 is 0 Å². The summed E-state index contributed by atoms with van der Waals surface area (Å²) in [4.78, 5) is 14.6. The Hall–Kier alpha value is -0.610. The van der Waals surface area contributed by atoms with E-state index in [4.69, 9.17) is 9.47 Å². The molecule has 1 atom stereocenters. The summed E-state index contributed by atoms with van der Waals surface area (Å²) in [6.45, 7) is 19.0. The molecular formula is C21H41NO3. The largest absolute Gasteiger partial charge is 0.464 e. The topological polar surface area (TPSA) is 38.8 Å². The molecule has 0 amide bonds. The highest BCUT2D eigenvalue weighted by atomic mass is 16.5. The van der Waals surface area contributed by atoms with E-state index in [-0.39, 0.29) is 22.5 Å². The Labute approximate surface area is 155 Å². The van der Waals surface area contributed by atoms with Crippen molar-refractivity contribution in [1.82, 2.24) is 4.90 Å². The summed E-state index contributed by atoms with van der Waals surface area (Å²) in [6, 6.07) is 0. The Morgan fingerprint density at radius 3 is 2.12 bits per heavy atom. The lowest BCUT2D eigenvalue weighted by molar-refractivity contribution is -0.148. The van der Waals surface area contributed by atoms with E-state index in [1.165, 1.54) is 0 Å². The van der Waals surface area contributed by atoms with Crippen LogP contribution < -0.4 is 0 Å². The molecule has 0 radical (unpaired) electrons. The standard InChI is InChI=1S/C21H41NO3/c1-16(13-19(2,3)4)12-18(23)25-11-10-22-20(5,6)14-17(24-9)15-21(22,7)8/h16-17H,10-15H2,1-9H3. The van der Waals surface area contributed by atoms with Crippen LogP contribution in [-0.4, -0.2) is 48.3 Å². The summed E-state index contributed by atoms with van der Waals surface area (Å²) in [5.41, 5.74) is 0.322. The van der Waals surface area contributed by atoms with Gasteiger partial charge in [0.1, 0.15) is 6.61 Å². The van der Waals surface area contributed by atoms with Gasteiger partial charge in [-0.25, -0.2) is 0 Å². The second kappa shape index (κ2) is 8.39. The number of likely N-dealkylation sites (tertiary alicyclic amines) is 1. The molecule has 1 fully saturated rings. The minimum Gasteiger partial charge on any atom is -0.464 e. The third-order valence-corrected chi connectivity index (χ3v) is 5.30. The highest BCUT2D eigenvalue weighted by molar-refractivity contribution is 5.69. The molecule has 4 nitrogen and oxygen atoms in total. The molecule has 1 heterocycles. The van der Waals surface area contributed by atoms with Crippen molar-refractivity contribution in [3.05, 3.63) is 0 Å². The predicted octanol–water partition coefficient (Wildman–Crippen LogP) is 4.66. The highest BCUT2D eigenvalue weighted by Gasteiger charge is 2.45. The molecule has 0 aromatic heterocycles. The average molecular weight is 356 g/mol. The molecule has 0 aromatic rings. The molecule has 0 aromatic carbocycles. The van der Waals surface area contributed by atoms with Crippen LogP contribution in [0, 0.1) is 11.3 Å². The van der Waals surface area contributed by atoms with Gasteiger partial charge in [-0.15, -0.1) is 0 Å². The van der Waals surface area contributed by atoms with E-state index in [2.05, 4.69) is 60.3 Å². The van der Waals surface area contributed by atoms with Crippen molar-refractivity contribution >= 4 is 5.97 Å². The van der Waals surface area contributed by atoms with Crippen LogP contribution in [-0.2, 0) is 14.3 Å². The number of piperidine rings is 1. The van der Waals surface area contributed by atoms with Crippen molar-refractivity contribution in [3.63, 3.8) is 0 Å². The molecule has 1 rings (SSSR count). The molecule has 0 N–H and O–H groups in total. The maximum atomic E-state index is 12.1. The van der Waals surface area contributed by atoms with Crippen molar-refractivity contribution in [2.75, 3.05) is 20.3 Å². The van der Waals surface area contributed by atoms with Crippen LogP contribution in [0.15, 0.2) is 0 Å². The molecular weight excluding hydrogens is 314 g/mol. The Bertz CT molecular complexity index is 419. The van der Waals surface area contributed by atoms with Gasteiger partial charge in [0.25, 0.3) is 0 Å². The molecule has 0 saturated carbocycles. The zero-order valence-corrected chi connectivity index (χ0v) is 18.1. The second-order valence-corrected chi connectivity index (χ2v) is 10.3. The van der Waals surface area contributed by atoms with E-state index in [1.54, 1.807) is 7.11 Å². The lowest BCUT2D eigenvalue weighted by Gasteiger charge is -2.55. The van der Waals surface area contributed by atoms with Crippen LogP contribution in [0.3, 0.4) is 0 Å². The van der Waals surface area contributed by atoms with E-state index >= 15 is 0 Å². The zero-order chi connectivity index (χ0) is 19.5. The fourth-order valence-electron chi connectivity index (χ4n) is 4.71. The van der Waals surface area contributed by atoms with Crippen LogP contribution in [0.2, 0.25) is 0 Å². The van der Waals surface area contributed by atoms with Gasteiger partial charge in [0.2, 0.25) is 0 Å². The first-order chi connectivity index (χ1) is 11.3. The molecule has 0 bridgehead atoms. The lowest BCUT2D eigenvalue weighted by atomic mass is 9.78. The first-order valence-corrected chi connectivity index (χ1v) is 9.73. The highest BCUT2D eigenvalue weighted by Crippen LogP contribution is 2.39. The normalized spacial score (nSPS) is 22.6. The predicted molar refractivity (Wildman–Crippen MR) is 104 cm³/mol. The maximum Gasteiger partial charge on any atom is 0.306 e. The molecule has 4 heteroatoms. The van der Waals surface area contributed by atoms with Crippen molar-refractivity contribution < 1.29 is 14.3 Å². The number of hydrogen-bond donors (Lipinski definition) is 0. The van der Waals surface area contributed by atoms with Gasteiger partial charge in [-0.1, -0.05) is 27.7 Å². The Morgan fingerprint density at radius 2 is 1.68 bits per heavy atom. The summed E-state index contributed by atoms with van der Waals surface area (Å²) in [5, 5.41) is 0. The number of rotatable bonds is 7. The number of nitrogens with zero attached hydrogens (tertiary/aromatic N) is 1. The zero-order valence-electron chi connectivity index (χ0n) is 18.1. The monoisotopic (exact) mass is 355 g/mol. The van der Waals surface area contributed by atoms with Crippen molar-refractivity contribution in [2.45, 2.75) is 98.3 Å². The Morgan fingerprint density at radius 1 is 1.16 bits per heavy atom. The molecule has 1 unspecified atom stereocenters. The quantitative estimate of drug-likeness (QED) is 0.623. The number of ether oxygens (including phenoxy) is 2. The molecule has 1 saturated heterocycles. The molecule has 0 aliphatic carbocycles. The number of carbonyl (C=O) groups is 1. The van der Waals surface area contributed by atoms with Crippen molar-refractivity contribution in [1.29, 1.82) is 0 Å². The number of esters is 1. The SMILES string of the molecule is COC1CC(C)(C)N(CCOC(=O)CC(C)CC(C)(C)C)C(C)(C)C1. The van der Waals surface area contributed by atoms with Gasteiger partial charge in [0, 0.05) is 31.2 Å². The first-order valence-electron chi connectivity index (χ1n) is 9.73. The van der Waals surface area contributed by atoms with Gasteiger partial charge in [-0.2, -0.15) is 0 Å². The molecule has 1 aliphatic rings.